The summed E-state index contributed by atoms with van der Waals surface area (Å²) in [5.41, 5.74) is 0.918. The molecule has 2 heterocycles. The molecule has 1 aliphatic heterocycles. The Hall–Kier alpha value is -2.28. The van der Waals surface area contributed by atoms with Crippen LogP contribution in [0.3, 0.4) is 0 Å². The molecule has 2 aromatic rings. The summed E-state index contributed by atoms with van der Waals surface area (Å²) in [6.45, 7) is 0.373. The Labute approximate surface area is 142 Å². The van der Waals surface area contributed by atoms with Gasteiger partial charge in [-0.05, 0) is 36.2 Å². The number of amides is 1. The van der Waals surface area contributed by atoms with Gasteiger partial charge in [0, 0.05) is 17.5 Å². The van der Waals surface area contributed by atoms with Crippen LogP contribution < -0.4 is 0 Å². The van der Waals surface area contributed by atoms with Gasteiger partial charge in [0.1, 0.15) is 11.9 Å². The summed E-state index contributed by atoms with van der Waals surface area (Å²) in [6, 6.07) is 8.35. The smallest absolute Gasteiger partial charge is 0.327 e. The van der Waals surface area contributed by atoms with Gasteiger partial charge in [0.2, 0.25) is 0 Å². The number of rotatable bonds is 5. The second-order valence-electron chi connectivity index (χ2n) is 5.52. The van der Waals surface area contributed by atoms with Crippen molar-refractivity contribution in [1.29, 1.82) is 0 Å². The van der Waals surface area contributed by atoms with Crippen LogP contribution in [0.1, 0.15) is 22.5 Å². The third kappa shape index (κ3) is 3.46. The van der Waals surface area contributed by atoms with Gasteiger partial charge in [0.05, 0.1) is 6.26 Å². The number of carboxylic acid groups (broad SMARTS) is 1. The Bertz CT molecular complexity index is 717. The molecule has 1 amide bonds. The maximum absolute atomic E-state index is 12.9. The molecule has 2 atom stereocenters. The van der Waals surface area contributed by atoms with E-state index in [0.29, 0.717) is 18.7 Å². The summed E-state index contributed by atoms with van der Waals surface area (Å²) in [7, 11) is 0. The molecule has 1 aliphatic rings. The predicted molar refractivity (Wildman–Crippen MR) is 87.3 cm³/mol. The number of thioether (sulfide) groups is 1. The average Bonchev–Trinajstić information content (AvgIpc) is 3.23. The molecule has 1 aromatic carbocycles. The Morgan fingerprint density at radius 3 is 2.67 bits per heavy atom. The van der Waals surface area contributed by atoms with Crippen LogP contribution in [0.5, 0.6) is 0 Å². The number of hydrogen-bond acceptors (Lipinski definition) is 4. The lowest BCUT2D eigenvalue weighted by molar-refractivity contribution is -0.141. The Morgan fingerprint density at radius 2 is 2.04 bits per heavy atom. The van der Waals surface area contributed by atoms with Gasteiger partial charge in [-0.15, -0.1) is 0 Å². The highest BCUT2D eigenvalue weighted by atomic mass is 32.2. The molecule has 0 radical (unpaired) electrons. The van der Waals surface area contributed by atoms with Crippen LogP contribution in [0, 0.1) is 5.82 Å². The summed E-state index contributed by atoms with van der Waals surface area (Å²) < 4.78 is 18.0. The molecule has 1 fully saturated rings. The quantitative estimate of drug-likeness (QED) is 0.898. The predicted octanol–water partition coefficient (Wildman–Crippen LogP) is 3.02. The number of carbonyl (C=O) groups excluding carboxylic acids is 1. The van der Waals surface area contributed by atoms with Crippen LogP contribution in [-0.4, -0.2) is 39.7 Å². The summed E-state index contributed by atoms with van der Waals surface area (Å²) in [4.78, 5) is 25.4. The summed E-state index contributed by atoms with van der Waals surface area (Å²) in [6.07, 6.45) is 1.98. The van der Waals surface area contributed by atoms with E-state index < -0.39 is 17.9 Å². The van der Waals surface area contributed by atoms with Gasteiger partial charge in [-0.2, -0.15) is 11.8 Å². The Balaban J connectivity index is 1.69. The van der Waals surface area contributed by atoms with E-state index in [2.05, 4.69) is 0 Å². The number of hydrogen-bond donors (Lipinski definition) is 1. The molecule has 126 valence electrons. The average molecular weight is 349 g/mol. The first kappa shape index (κ1) is 16.6. The van der Waals surface area contributed by atoms with Gasteiger partial charge in [-0.3, -0.25) is 4.79 Å². The number of carboxylic acids is 1. The summed E-state index contributed by atoms with van der Waals surface area (Å²) in [5, 5.41) is 9.33. The first-order valence-corrected chi connectivity index (χ1v) is 8.54. The highest BCUT2D eigenvalue weighted by molar-refractivity contribution is 7.99. The normalized spacial score (nSPS) is 20.3. The maximum Gasteiger partial charge on any atom is 0.327 e. The topological polar surface area (TPSA) is 70.8 Å². The number of likely N-dealkylation sites (tertiary alicyclic amines) is 1. The standard InChI is InChI=1S/C17H16FNO4S/c18-12-5-3-11(4-6-12)10-24-14-7-8-19(15(14)17(21)22)16(20)13-2-1-9-23-13/h1-6,9,14-15H,7-8,10H2,(H,21,22). The van der Waals surface area contributed by atoms with Gasteiger partial charge in [-0.25, -0.2) is 9.18 Å². The molecule has 1 N–H and O–H groups in total. The number of carbonyl (C=O) groups is 2. The van der Waals surface area contributed by atoms with Crippen molar-refractivity contribution in [2.75, 3.05) is 6.54 Å². The molecule has 2 unspecified atom stereocenters. The zero-order valence-corrected chi connectivity index (χ0v) is 13.5. The molecule has 1 saturated heterocycles. The van der Waals surface area contributed by atoms with E-state index in [1.807, 2.05) is 0 Å². The molecular formula is C17H16FNO4S. The van der Waals surface area contributed by atoms with Crippen molar-refractivity contribution in [2.45, 2.75) is 23.5 Å². The Kier molecular flexibility index (Phi) is 4.89. The maximum atomic E-state index is 12.9. The first-order chi connectivity index (χ1) is 11.6. The number of halogens is 1. The largest absolute Gasteiger partial charge is 0.480 e. The molecule has 24 heavy (non-hydrogen) atoms. The summed E-state index contributed by atoms with van der Waals surface area (Å²) >= 11 is 1.47. The van der Waals surface area contributed by atoms with Gasteiger partial charge >= 0.3 is 5.97 Å². The lowest BCUT2D eigenvalue weighted by Gasteiger charge is -2.23. The molecule has 3 rings (SSSR count). The molecule has 7 heteroatoms. The summed E-state index contributed by atoms with van der Waals surface area (Å²) in [5.74, 6) is -1.02. The first-order valence-electron chi connectivity index (χ1n) is 7.49. The molecule has 1 aromatic heterocycles. The lowest BCUT2D eigenvalue weighted by Crippen LogP contribution is -2.44. The molecule has 5 nitrogen and oxygen atoms in total. The molecule has 0 saturated carbocycles. The van der Waals surface area contributed by atoms with Gasteiger partial charge in [-0.1, -0.05) is 12.1 Å². The minimum Gasteiger partial charge on any atom is -0.480 e. The van der Waals surface area contributed by atoms with Crippen molar-refractivity contribution >= 4 is 23.6 Å². The number of furan rings is 1. The molecular weight excluding hydrogens is 333 g/mol. The van der Waals surface area contributed by atoms with Crippen molar-refractivity contribution in [3.8, 4) is 0 Å². The van der Waals surface area contributed by atoms with Crippen LogP contribution in [0.2, 0.25) is 0 Å². The number of nitrogens with zero attached hydrogens (tertiary/aromatic N) is 1. The highest BCUT2D eigenvalue weighted by Gasteiger charge is 2.43. The minimum absolute atomic E-state index is 0.144. The molecule has 0 spiro atoms. The Morgan fingerprint density at radius 1 is 1.29 bits per heavy atom. The minimum atomic E-state index is -1.02. The van der Waals surface area contributed by atoms with E-state index in [-0.39, 0.29) is 16.8 Å². The highest BCUT2D eigenvalue weighted by Crippen LogP contribution is 2.32. The van der Waals surface area contributed by atoms with Crippen LogP contribution in [0.25, 0.3) is 0 Å². The van der Waals surface area contributed by atoms with E-state index in [1.54, 1.807) is 18.2 Å². The fourth-order valence-electron chi connectivity index (χ4n) is 2.78. The van der Waals surface area contributed by atoms with E-state index in [1.165, 1.54) is 41.1 Å². The van der Waals surface area contributed by atoms with Crippen LogP contribution >= 0.6 is 11.8 Å². The van der Waals surface area contributed by atoms with Crippen molar-refractivity contribution in [1.82, 2.24) is 4.90 Å². The van der Waals surface area contributed by atoms with Crippen LogP contribution in [0.4, 0.5) is 4.39 Å². The lowest BCUT2D eigenvalue weighted by atomic mass is 10.2. The van der Waals surface area contributed by atoms with E-state index in [0.717, 1.165) is 5.56 Å². The molecule has 0 aliphatic carbocycles. The fourth-order valence-corrected chi connectivity index (χ4v) is 4.10. The van der Waals surface area contributed by atoms with Gasteiger partial charge in [0.25, 0.3) is 5.91 Å². The second-order valence-corrected chi connectivity index (χ2v) is 6.75. The SMILES string of the molecule is O=C(O)C1C(SCc2ccc(F)cc2)CCN1C(=O)c1ccco1. The van der Waals surface area contributed by atoms with Crippen LogP contribution in [0.15, 0.2) is 47.1 Å². The molecule has 0 bridgehead atoms. The zero-order chi connectivity index (χ0) is 17.1. The van der Waals surface area contributed by atoms with E-state index >= 15 is 0 Å². The van der Waals surface area contributed by atoms with Crippen molar-refractivity contribution in [3.05, 3.63) is 59.8 Å². The third-order valence-corrected chi connectivity index (χ3v) is 5.39. The number of aliphatic carboxylic acids is 1. The monoisotopic (exact) mass is 349 g/mol. The zero-order valence-electron chi connectivity index (χ0n) is 12.7. The second kappa shape index (κ2) is 7.09. The van der Waals surface area contributed by atoms with E-state index in [4.69, 9.17) is 4.42 Å². The third-order valence-electron chi connectivity index (χ3n) is 3.97. The van der Waals surface area contributed by atoms with Gasteiger partial charge < -0.3 is 14.4 Å². The van der Waals surface area contributed by atoms with Crippen LogP contribution in [-0.2, 0) is 10.5 Å². The fraction of sp³-hybridized carbons (Fsp3) is 0.294. The van der Waals surface area contributed by atoms with E-state index in [9.17, 15) is 19.1 Å². The van der Waals surface area contributed by atoms with Crippen molar-refractivity contribution < 1.29 is 23.5 Å². The van der Waals surface area contributed by atoms with Crippen molar-refractivity contribution in [3.63, 3.8) is 0 Å². The van der Waals surface area contributed by atoms with Crippen molar-refractivity contribution in [2.24, 2.45) is 0 Å². The number of benzene rings is 1. The van der Waals surface area contributed by atoms with Gasteiger partial charge in [0.15, 0.2) is 5.76 Å².